The molecule has 0 saturated carbocycles. The Morgan fingerprint density at radius 2 is 2.29 bits per heavy atom. The molecule has 0 spiro atoms. The highest BCUT2D eigenvalue weighted by molar-refractivity contribution is 5.83. The third-order valence-corrected chi connectivity index (χ3v) is 3.79. The topological polar surface area (TPSA) is 61.8 Å². The summed E-state index contributed by atoms with van der Waals surface area (Å²) in [6, 6.07) is 0.0368. The third-order valence-electron chi connectivity index (χ3n) is 3.79. The van der Waals surface area contributed by atoms with E-state index < -0.39 is 0 Å². The molecule has 2 N–H and O–H groups in total. The first-order chi connectivity index (χ1) is 8.13. The number of aliphatic hydroxyl groups is 1. The Bertz CT molecular complexity index is 285. The lowest BCUT2D eigenvalue weighted by Crippen LogP contribution is -2.57. The summed E-state index contributed by atoms with van der Waals surface area (Å²) in [5.41, 5.74) is 0. The highest BCUT2D eigenvalue weighted by atomic mass is 16.5. The molecule has 0 aromatic rings. The van der Waals surface area contributed by atoms with Crippen LogP contribution in [0.15, 0.2) is 0 Å². The van der Waals surface area contributed by atoms with Crippen molar-refractivity contribution < 1.29 is 14.6 Å². The standard InChI is InChI=1S/C12H22N2O3/c1-8-3-4-13-11(8)12(16)14-5-10(6-15)17-7-9(14)2/h8-11,13,15H,3-7H2,1-2H3. The van der Waals surface area contributed by atoms with Gasteiger partial charge in [0.05, 0.1) is 31.4 Å². The number of morpholine rings is 1. The summed E-state index contributed by atoms with van der Waals surface area (Å²) in [6.45, 7) is 6.01. The van der Waals surface area contributed by atoms with E-state index in [0.29, 0.717) is 19.1 Å². The van der Waals surface area contributed by atoms with Crippen molar-refractivity contribution in [2.75, 3.05) is 26.3 Å². The van der Waals surface area contributed by atoms with Gasteiger partial charge < -0.3 is 20.1 Å². The molecule has 2 fully saturated rings. The van der Waals surface area contributed by atoms with Crippen molar-refractivity contribution in [1.29, 1.82) is 0 Å². The monoisotopic (exact) mass is 242 g/mol. The molecule has 2 aliphatic rings. The van der Waals surface area contributed by atoms with Gasteiger partial charge in [-0.15, -0.1) is 0 Å². The molecule has 0 bridgehead atoms. The molecule has 2 heterocycles. The Hall–Kier alpha value is -0.650. The van der Waals surface area contributed by atoms with Crippen molar-refractivity contribution in [3.05, 3.63) is 0 Å². The first-order valence-corrected chi connectivity index (χ1v) is 6.39. The number of carbonyl (C=O) groups excluding carboxylic acids is 1. The van der Waals surface area contributed by atoms with E-state index in [-0.39, 0.29) is 30.7 Å². The van der Waals surface area contributed by atoms with Crippen LogP contribution >= 0.6 is 0 Å². The second-order valence-electron chi connectivity index (χ2n) is 5.18. The van der Waals surface area contributed by atoms with E-state index >= 15 is 0 Å². The lowest BCUT2D eigenvalue weighted by Gasteiger charge is -2.39. The Morgan fingerprint density at radius 3 is 2.88 bits per heavy atom. The number of amides is 1. The summed E-state index contributed by atoms with van der Waals surface area (Å²) >= 11 is 0. The second kappa shape index (κ2) is 5.33. The number of ether oxygens (including phenoxy) is 1. The van der Waals surface area contributed by atoms with Crippen LogP contribution in [0.1, 0.15) is 20.3 Å². The lowest BCUT2D eigenvalue weighted by atomic mass is 10.0. The molecule has 17 heavy (non-hydrogen) atoms. The predicted molar refractivity (Wildman–Crippen MR) is 63.6 cm³/mol. The van der Waals surface area contributed by atoms with Gasteiger partial charge >= 0.3 is 0 Å². The molecule has 0 radical (unpaired) electrons. The fourth-order valence-corrected chi connectivity index (χ4v) is 2.58. The van der Waals surface area contributed by atoms with Crippen molar-refractivity contribution in [3.8, 4) is 0 Å². The smallest absolute Gasteiger partial charge is 0.240 e. The first kappa shape index (κ1) is 12.8. The van der Waals surface area contributed by atoms with Gasteiger partial charge in [0.1, 0.15) is 0 Å². The van der Waals surface area contributed by atoms with E-state index in [1.807, 2.05) is 11.8 Å². The summed E-state index contributed by atoms with van der Waals surface area (Å²) in [7, 11) is 0. The van der Waals surface area contributed by atoms with E-state index in [1.165, 1.54) is 0 Å². The maximum atomic E-state index is 12.4. The second-order valence-corrected chi connectivity index (χ2v) is 5.18. The fourth-order valence-electron chi connectivity index (χ4n) is 2.58. The summed E-state index contributed by atoms with van der Waals surface area (Å²) in [5, 5.41) is 12.4. The maximum absolute atomic E-state index is 12.4. The quantitative estimate of drug-likeness (QED) is 0.691. The highest BCUT2D eigenvalue weighted by Gasteiger charge is 2.37. The molecule has 1 amide bonds. The van der Waals surface area contributed by atoms with Crippen LogP contribution < -0.4 is 5.32 Å². The Kier molecular flexibility index (Phi) is 4.01. The van der Waals surface area contributed by atoms with Gasteiger partial charge in [0.15, 0.2) is 0 Å². The van der Waals surface area contributed by atoms with Crippen molar-refractivity contribution in [2.24, 2.45) is 5.92 Å². The van der Waals surface area contributed by atoms with Gasteiger partial charge in [0.25, 0.3) is 0 Å². The van der Waals surface area contributed by atoms with Crippen LogP contribution in [0.2, 0.25) is 0 Å². The number of aliphatic hydroxyl groups excluding tert-OH is 1. The van der Waals surface area contributed by atoms with Gasteiger partial charge in [-0.2, -0.15) is 0 Å². The third kappa shape index (κ3) is 2.61. The maximum Gasteiger partial charge on any atom is 0.240 e. The molecule has 4 atom stereocenters. The van der Waals surface area contributed by atoms with Gasteiger partial charge in [0, 0.05) is 6.54 Å². The van der Waals surface area contributed by atoms with Crippen LogP contribution in [-0.4, -0.2) is 60.4 Å². The predicted octanol–water partition coefficient (Wildman–Crippen LogP) is -0.407. The normalized spacial score (nSPS) is 38.4. The number of hydrogen-bond acceptors (Lipinski definition) is 4. The van der Waals surface area contributed by atoms with Crippen LogP contribution in [0.4, 0.5) is 0 Å². The largest absolute Gasteiger partial charge is 0.394 e. The van der Waals surface area contributed by atoms with Gasteiger partial charge in [0.2, 0.25) is 5.91 Å². The fraction of sp³-hybridized carbons (Fsp3) is 0.917. The van der Waals surface area contributed by atoms with Crippen LogP contribution in [0.5, 0.6) is 0 Å². The Morgan fingerprint density at radius 1 is 1.53 bits per heavy atom. The molecule has 0 aromatic heterocycles. The van der Waals surface area contributed by atoms with E-state index in [4.69, 9.17) is 9.84 Å². The zero-order valence-electron chi connectivity index (χ0n) is 10.6. The molecule has 0 aromatic carbocycles. The minimum absolute atomic E-state index is 0.0237. The molecular weight excluding hydrogens is 220 g/mol. The minimum Gasteiger partial charge on any atom is -0.394 e. The van der Waals surface area contributed by atoms with Crippen LogP contribution in [0.3, 0.4) is 0 Å². The SMILES string of the molecule is CC1CCNC1C(=O)N1CC(CO)OCC1C. The summed E-state index contributed by atoms with van der Waals surface area (Å²) in [4.78, 5) is 14.3. The molecule has 2 rings (SSSR count). The molecule has 0 aliphatic carbocycles. The van der Waals surface area contributed by atoms with E-state index in [1.54, 1.807) is 0 Å². The van der Waals surface area contributed by atoms with E-state index in [2.05, 4.69) is 12.2 Å². The van der Waals surface area contributed by atoms with Gasteiger partial charge in [-0.1, -0.05) is 6.92 Å². The van der Waals surface area contributed by atoms with Crippen LogP contribution in [0, 0.1) is 5.92 Å². The molecule has 2 aliphatic heterocycles. The molecular formula is C12H22N2O3. The van der Waals surface area contributed by atoms with Crippen molar-refractivity contribution in [1.82, 2.24) is 10.2 Å². The molecule has 2 saturated heterocycles. The molecule has 4 unspecified atom stereocenters. The van der Waals surface area contributed by atoms with Crippen LogP contribution in [-0.2, 0) is 9.53 Å². The van der Waals surface area contributed by atoms with Gasteiger partial charge in [-0.25, -0.2) is 0 Å². The zero-order valence-corrected chi connectivity index (χ0v) is 10.6. The van der Waals surface area contributed by atoms with Crippen molar-refractivity contribution in [2.45, 2.75) is 38.5 Å². The number of nitrogens with one attached hydrogen (secondary N) is 1. The Balaban J connectivity index is 2.01. The number of hydrogen-bond donors (Lipinski definition) is 2. The molecule has 98 valence electrons. The Labute approximate surface area is 102 Å². The van der Waals surface area contributed by atoms with Gasteiger partial charge in [-0.05, 0) is 25.8 Å². The highest BCUT2D eigenvalue weighted by Crippen LogP contribution is 2.20. The average molecular weight is 242 g/mol. The number of nitrogens with zero attached hydrogens (tertiary/aromatic N) is 1. The number of carbonyl (C=O) groups is 1. The lowest BCUT2D eigenvalue weighted by molar-refractivity contribution is -0.148. The summed E-state index contributed by atoms with van der Waals surface area (Å²) in [6.07, 6.45) is 0.824. The number of rotatable bonds is 2. The zero-order chi connectivity index (χ0) is 12.4. The van der Waals surface area contributed by atoms with Gasteiger partial charge in [-0.3, -0.25) is 4.79 Å². The summed E-state index contributed by atoms with van der Waals surface area (Å²) < 4.78 is 5.44. The van der Waals surface area contributed by atoms with E-state index in [0.717, 1.165) is 13.0 Å². The van der Waals surface area contributed by atoms with E-state index in [9.17, 15) is 4.79 Å². The van der Waals surface area contributed by atoms with Crippen molar-refractivity contribution >= 4 is 5.91 Å². The minimum atomic E-state index is -0.230. The summed E-state index contributed by atoms with van der Waals surface area (Å²) in [5.74, 6) is 0.550. The first-order valence-electron chi connectivity index (χ1n) is 6.39. The molecule has 5 nitrogen and oxygen atoms in total. The average Bonchev–Trinajstić information content (AvgIpc) is 2.75. The van der Waals surface area contributed by atoms with Crippen molar-refractivity contribution in [3.63, 3.8) is 0 Å². The molecule has 5 heteroatoms. The van der Waals surface area contributed by atoms with Crippen LogP contribution in [0.25, 0.3) is 0 Å².